The highest BCUT2D eigenvalue weighted by Gasteiger charge is 2.17. The Morgan fingerprint density at radius 2 is 2.05 bits per heavy atom. The Kier molecular flexibility index (Phi) is 4.20. The van der Waals surface area contributed by atoms with Crippen LogP contribution in [0.15, 0.2) is 18.2 Å². The van der Waals surface area contributed by atoms with E-state index in [4.69, 9.17) is 5.11 Å². The second-order valence-electron chi connectivity index (χ2n) is 4.99. The molecule has 1 aliphatic carbocycles. The van der Waals surface area contributed by atoms with Crippen LogP contribution in [0.25, 0.3) is 0 Å². The van der Waals surface area contributed by atoms with Gasteiger partial charge in [-0.2, -0.15) is 0 Å². The van der Waals surface area contributed by atoms with Crippen LogP contribution in [-0.4, -0.2) is 23.5 Å². The molecule has 0 fully saturated rings. The molecule has 0 saturated heterocycles. The number of aryl methyl sites for hydroxylation is 2. The summed E-state index contributed by atoms with van der Waals surface area (Å²) in [5.41, 5.74) is 3.20. The van der Waals surface area contributed by atoms with Gasteiger partial charge in [-0.1, -0.05) is 13.0 Å². The topological polar surface area (TPSA) is 66.4 Å². The third kappa shape index (κ3) is 3.13. The number of carbonyl (C=O) groups excluding carboxylic acids is 1. The number of rotatable bonds is 5. The van der Waals surface area contributed by atoms with Crippen molar-refractivity contribution in [3.63, 3.8) is 0 Å². The number of carboxylic acid groups (broad SMARTS) is 1. The van der Waals surface area contributed by atoms with Crippen molar-refractivity contribution in [3.8, 4) is 0 Å². The Bertz CT molecular complexity index is 496. The number of carboxylic acids is 1. The second kappa shape index (κ2) is 5.87. The molecule has 0 heterocycles. The Morgan fingerprint density at radius 3 is 2.74 bits per heavy atom. The summed E-state index contributed by atoms with van der Waals surface area (Å²) in [6.07, 6.45) is 3.79. The molecular formula is C15H19NO3. The molecule has 19 heavy (non-hydrogen) atoms. The molecule has 2 N–H and O–H groups in total. The first-order chi connectivity index (χ1) is 9.11. The fraction of sp³-hybridized carbons (Fsp3) is 0.467. The Balaban J connectivity index is 1.98. The SMILES string of the molecule is CCC(CNC(=O)c1ccc2c(c1)CCC2)C(=O)O. The lowest BCUT2D eigenvalue weighted by atomic mass is 10.0. The van der Waals surface area contributed by atoms with E-state index in [2.05, 4.69) is 5.32 Å². The van der Waals surface area contributed by atoms with Gasteiger partial charge in [0.25, 0.3) is 5.91 Å². The first-order valence-corrected chi connectivity index (χ1v) is 6.74. The number of hydrogen-bond donors (Lipinski definition) is 2. The van der Waals surface area contributed by atoms with Gasteiger partial charge in [-0.15, -0.1) is 0 Å². The highest BCUT2D eigenvalue weighted by Crippen LogP contribution is 2.22. The largest absolute Gasteiger partial charge is 0.481 e. The summed E-state index contributed by atoms with van der Waals surface area (Å²) in [5, 5.41) is 11.6. The van der Waals surface area contributed by atoms with Crippen LogP contribution < -0.4 is 5.32 Å². The average molecular weight is 261 g/mol. The first-order valence-electron chi connectivity index (χ1n) is 6.74. The fourth-order valence-corrected chi connectivity index (χ4v) is 2.44. The van der Waals surface area contributed by atoms with Gasteiger partial charge in [-0.05, 0) is 48.9 Å². The molecule has 4 nitrogen and oxygen atoms in total. The van der Waals surface area contributed by atoms with E-state index in [9.17, 15) is 9.59 Å². The summed E-state index contributed by atoms with van der Waals surface area (Å²) in [4.78, 5) is 22.9. The Morgan fingerprint density at radius 1 is 1.32 bits per heavy atom. The minimum absolute atomic E-state index is 0.182. The summed E-state index contributed by atoms with van der Waals surface area (Å²) >= 11 is 0. The molecule has 0 bridgehead atoms. The van der Waals surface area contributed by atoms with E-state index in [1.54, 1.807) is 6.92 Å². The molecule has 1 aliphatic rings. The highest BCUT2D eigenvalue weighted by molar-refractivity contribution is 5.94. The smallest absolute Gasteiger partial charge is 0.308 e. The summed E-state index contributed by atoms with van der Waals surface area (Å²) in [7, 11) is 0. The van der Waals surface area contributed by atoms with Crippen molar-refractivity contribution in [2.24, 2.45) is 5.92 Å². The van der Waals surface area contributed by atoms with Gasteiger partial charge in [0, 0.05) is 12.1 Å². The van der Waals surface area contributed by atoms with Crippen molar-refractivity contribution in [3.05, 3.63) is 34.9 Å². The molecule has 0 spiro atoms. The Labute approximate surface area is 112 Å². The van der Waals surface area contributed by atoms with Gasteiger partial charge in [0.1, 0.15) is 0 Å². The quantitative estimate of drug-likeness (QED) is 0.852. The predicted molar refractivity (Wildman–Crippen MR) is 72.2 cm³/mol. The van der Waals surface area contributed by atoms with Crippen molar-refractivity contribution < 1.29 is 14.7 Å². The molecule has 0 saturated carbocycles. The van der Waals surface area contributed by atoms with Crippen LogP contribution in [0.4, 0.5) is 0 Å². The molecule has 1 aromatic carbocycles. The van der Waals surface area contributed by atoms with Gasteiger partial charge in [-0.25, -0.2) is 0 Å². The lowest BCUT2D eigenvalue weighted by Crippen LogP contribution is -2.32. The van der Waals surface area contributed by atoms with Gasteiger partial charge in [0.05, 0.1) is 5.92 Å². The zero-order valence-electron chi connectivity index (χ0n) is 11.1. The van der Waals surface area contributed by atoms with E-state index in [1.165, 1.54) is 11.1 Å². The summed E-state index contributed by atoms with van der Waals surface area (Å²) in [5.74, 6) is -1.57. The number of aliphatic carboxylic acids is 1. The molecule has 0 aromatic heterocycles. The van der Waals surface area contributed by atoms with Crippen molar-refractivity contribution in [1.29, 1.82) is 0 Å². The molecule has 4 heteroatoms. The summed E-state index contributed by atoms with van der Waals surface area (Å²) < 4.78 is 0. The van der Waals surface area contributed by atoms with E-state index in [0.717, 1.165) is 19.3 Å². The minimum atomic E-state index is -0.864. The van der Waals surface area contributed by atoms with Gasteiger partial charge in [0.15, 0.2) is 0 Å². The van der Waals surface area contributed by atoms with Gasteiger partial charge >= 0.3 is 5.97 Å². The fourth-order valence-electron chi connectivity index (χ4n) is 2.44. The van der Waals surface area contributed by atoms with E-state index >= 15 is 0 Å². The number of amides is 1. The van der Waals surface area contributed by atoms with Crippen molar-refractivity contribution in [2.75, 3.05) is 6.54 Å². The first kappa shape index (κ1) is 13.6. The van der Waals surface area contributed by atoms with E-state index in [1.807, 2.05) is 18.2 Å². The third-order valence-corrected chi connectivity index (χ3v) is 3.71. The zero-order chi connectivity index (χ0) is 13.8. The molecule has 2 rings (SSSR count). The standard InChI is InChI=1S/C15H19NO3/c1-2-10(15(18)19)9-16-14(17)13-7-6-11-4-3-5-12(11)8-13/h6-8,10H,2-5,9H2,1H3,(H,16,17)(H,18,19). The number of hydrogen-bond acceptors (Lipinski definition) is 2. The molecule has 0 radical (unpaired) electrons. The molecule has 102 valence electrons. The molecule has 1 unspecified atom stereocenters. The van der Waals surface area contributed by atoms with Crippen LogP contribution in [0.1, 0.15) is 41.3 Å². The Hall–Kier alpha value is -1.84. The average Bonchev–Trinajstić information content (AvgIpc) is 2.85. The number of nitrogens with one attached hydrogen (secondary N) is 1. The summed E-state index contributed by atoms with van der Waals surface area (Å²) in [6.45, 7) is 1.99. The van der Waals surface area contributed by atoms with Crippen LogP contribution in [-0.2, 0) is 17.6 Å². The van der Waals surface area contributed by atoms with Crippen LogP contribution in [0.3, 0.4) is 0 Å². The van der Waals surface area contributed by atoms with Crippen molar-refractivity contribution in [2.45, 2.75) is 32.6 Å². The van der Waals surface area contributed by atoms with E-state index in [0.29, 0.717) is 12.0 Å². The maximum absolute atomic E-state index is 12.0. The number of fused-ring (bicyclic) bond motifs is 1. The summed E-state index contributed by atoms with van der Waals surface area (Å²) in [6, 6.07) is 5.76. The molecule has 1 amide bonds. The molecule has 1 atom stereocenters. The highest BCUT2D eigenvalue weighted by atomic mass is 16.4. The van der Waals surface area contributed by atoms with E-state index in [-0.39, 0.29) is 12.5 Å². The molecule has 0 aliphatic heterocycles. The maximum Gasteiger partial charge on any atom is 0.308 e. The van der Waals surface area contributed by atoms with Gasteiger partial charge < -0.3 is 10.4 Å². The zero-order valence-corrected chi connectivity index (χ0v) is 11.1. The normalized spacial score (nSPS) is 14.8. The minimum Gasteiger partial charge on any atom is -0.481 e. The monoisotopic (exact) mass is 261 g/mol. The lowest BCUT2D eigenvalue weighted by molar-refractivity contribution is -0.141. The molecule has 1 aromatic rings. The molecular weight excluding hydrogens is 242 g/mol. The van der Waals surface area contributed by atoms with Crippen LogP contribution >= 0.6 is 0 Å². The van der Waals surface area contributed by atoms with Crippen molar-refractivity contribution >= 4 is 11.9 Å². The van der Waals surface area contributed by atoms with Gasteiger partial charge in [-0.3, -0.25) is 9.59 Å². The van der Waals surface area contributed by atoms with Crippen molar-refractivity contribution in [1.82, 2.24) is 5.32 Å². The van der Waals surface area contributed by atoms with Crippen LogP contribution in [0, 0.1) is 5.92 Å². The third-order valence-electron chi connectivity index (χ3n) is 3.71. The predicted octanol–water partition coefficient (Wildman–Crippen LogP) is 2.02. The van der Waals surface area contributed by atoms with Crippen LogP contribution in [0.2, 0.25) is 0 Å². The van der Waals surface area contributed by atoms with E-state index < -0.39 is 11.9 Å². The second-order valence-corrected chi connectivity index (χ2v) is 4.99. The number of carbonyl (C=O) groups is 2. The lowest BCUT2D eigenvalue weighted by Gasteiger charge is -2.11. The maximum atomic E-state index is 12.0. The van der Waals surface area contributed by atoms with Gasteiger partial charge in [0.2, 0.25) is 0 Å². The van der Waals surface area contributed by atoms with Crippen LogP contribution in [0.5, 0.6) is 0 Å². The number of benzene rings is 1.